The Morgan fingerprint density at radius 3 is 2.52 bits per heavy atom. The van der Waals surface area contributed by atoms with Crippen molar-refractivity contribution in [1.82, 2.24) is 5.01 Å². The Bertz CT molecular complexity index is 758. The highest BCUT2D eigenvalue weighted by Crippen LogP contribution is 2.43. The Morgan fingerprint density at radius 1 is 1.04 bits per heavy atom. The van der Waals surface area contributed by atoms with Crippen LogP contribution in [0.1, 0.15) is 47.2 Å². The number of fused-ring (bicyclic) bond motifs is 3. The zero-order chi connectivity index (χ0) is 16.0. The van der Waals surface area contributed by atoms with Crippen LogP contribution in [0.3, 0.4) is 0 Å². The van der Waals surface area contributed by atoms with E-state index in [4.69, 9.17) is 5.10 Å². The molecule has 0 bridgehead atoms. The molecule has 2 nitrogen and oxygen atoms in total. The van der Waals surface area contributed by atoms with Crippen LogP contribution >= 0.6 is 0 Å². The summed E-state index contributed by atoms with van der Waals surface area (Å²) in [5.74, 6) is 0.520. The Morgan fingerprint density at radius 2 is 1.78 bits per heavy atom. The molecule has 0 saturated carbocycles. The molecule has 2 aromatic rings. The van der Waals surface area contributed by atoms with Crippen molar-refractivity contribution in [3.05, 3.63) is 70.3 Å². The fraction of sp³-hybridized carbons (Fsp3) is 0.381. The molecule has 0 saturated heterocycles. The van der Waals surface area contributed by atoms with Crippen LogP contribution in [0.5, 0.6) is 0 Å². The van der Waals surface area contributed by atoms with Crippen LogP contribution in [-0.2, 0) is 6.42 Å². The van der Waals surface area contributed by atoms with Gasteiger partial charge in [0.1, 0.15) is 0 Å². The van der Waals surface area contributed by atoms with Gasteiger partial charge in [0.15, 0.2) is 0 Å². The molecule has 2 aliphatic rings. The van der Waals surface area contributed by atoms with Crippen LogP contribution in [0.15, 0.2) is 47.6 Å². The topological polar surface area (TPSA) is 15.6 Å². The molecule has 2 aromatic carbocycles. The monoisotopic (exact) mass is 304 g/mol. The minimum atomic E-state index is 0.393. The number of aryl methyl sites for hydroxylation is 3. The molecule has 1 heterocycles. The van der Waals surface area contributed by atoms with Gasteiger partial charge in [-0.3, -0.25) is 5.01 Å². The smallest absolute Gasteiger partial charge is 0.0804 e. The molecule has 118 valence electrons. The van der Waals surface area contributed by atoms with Gasteiger partial charge < -0.3 is 0 Å². The van der Waals surface area contributed by atoms with Gasteiger partial charge in [-0.15, -0.1) is 0 Å². The SMILES string of the molecule is CCN1N=C2c3cc(C)ccc3CC[C@H]2[C@H]1c1ccc(C)cc1. The van der Waals surface area contributed by atoms with E-state index in [0.29, 0.717) is 12.0 Å². The minimum absolute atomic E-state index is 0.393. The normalized spacial score (nSPS) is 22.6. The van der Waals surface area contributed by atoms with Crippen molar-refractivity contribution in [3.8, 4) is 0 Å². The molecule has 1 aliphatic heterocycles. The molecule has 0 radical (unpaired) electrons. The Balaban J connectivity index is 1.77. The zero-order valence-electron chi connectivity index (χ0n) is 14.2. The molecule has 0 unspecified atom stereocenters. The Kier molecular flexibility index (Phi) is 3.48. The summed E-state index contributed by atoms with van der Waals surface area (Å²) >= 11 is 0. The summed E-state index contributed by atoms with van der Waals surface area (Å²) in [6, 6.07) is 16.3. The second-order valence-electron chi connectivity index (χ2n) is 6.90. The number of hydrogen-bond donors (Lipinski definition) is 0. The molecule has 23 heavy (non-hydrogen) atoms. The van der Waals surface area contributed by atoms with E-state index >= 15 is 0 Å². The first-order valence-corrected chi connectivity index (χ1v) is 8.69. The molecule has 2 atom stereocenters. The summed E-state index contributed by atoms with van der Waals surface area (Å²) in [6.45, 7) is 7.49. The van der Waals surface area contributed by atoms with E-state index in [-0.39, 0.29) is 0 Å². The molecule has 1 aliphatic carbocycles. The van der Waals surface area contributed by atoms with E-state index in [9.17, 15) is 0 Å². The van der Waals surface area contributed by atoms with Crippen molar-refractivity contribution >= 4 is 5.71 Å². The maximum Gasteiger partial charge on any atom is 0.0804 e. The average molecular weight is 304 g/mol. The maximum absolute atomic E-state index is 5.04. The lowest BCUT2D eigenvalue weighted by molar-refractivity contribution is 0.208. The second kappa shape index (κ2) is 5.52. The summed E-state index contributed by atoms with van der Waals surface area (Å²) in [4.78, 5) is 0. The molecule has 0 amide bonds. The molecule has 0 spiro atoms. The lowest BCUT2D eigenvalue weighted by atomic mass is 9.77. The summed E-state index contributed by atoms with van der Waals surface area (Å²) in [5.41, 5.74) is 8.20. The third-order valence-corrected chi connectivity index (χ3v) is 5.30. The van der Waals surface area contributed by atoms with E-state index in [1.165, 1.54) is 46.4 Å². The van der Waals surface area contributed by atoms with Crippen LogP contribution in [0.4, 0.5) is 0 Å². The number of rotatable bonds is 2. The first-order valence-electron chi connectivity index (χ1n) is 8.69. The van der Waals surface area contributed by atoms with Crippen molar-refractivity contribution < 1.29 is 0 Å². The number of hydrogen-bond acceptors (Lipinski definition) is 2. The predicted octanol–water partition coefficient (Wildman–Crippen LogP) is 4.65. The van der Waals surface area contributed by atoms with Crippen molar-refractivity contribution in [1.29, 1.82) is 0 Å². The highest BCUT2D eigenvalue weighted by molar-refractivity contribution is 6.05. The summed E-state index contributed by atoms with van der Waals surface area (Å²) in [6.07, 6.45) is 2.36. The van der Waals surface area contributed by atoms with Gasteiger partial charge in [0, 0.05) is 18.0 Å². The molecule has 0 fully saturated rings. The van der Waals surface area contributed by atoms with Crippen molar-refractivity contribution in [2.45, 2.75) is 39.7 Å². The van der Waals surface area contributed by atoms with Crippen LogP contribution in [0, 0.1) is 19.8 Å². The molecule has 0 N–H and O–H groups in total. The fourth-order valence-electron chi connectivity index (χ4n) is 4.07. The standard InChI is InChI=1S/C21H24N2/c1-4-23-21(17-9-5-14(2)6-10-17)18-12-11-16-8-7-15(3)13-19(16)20(18)22-23/h5-10,13,18,21H,4,11-12H2,1-3H3/t18-,21-/m1/s1. The molecule has 0 aromatic heterocycles. The van der Waals surface area contributed by atoms with Gasteiger partial charge in [-0.2, -0.15) is 5.10 Å². The van der Waals surface area contributed by atoms with Gasteiger partial charge in [-0.25, -0.2) is 0 Å². The van der Waals surface area contributed by atoms with Crippen molar-refractivity contribution in [2.24, 2.45) is 11.0 Å². The number of benzene rings is 2. The molecule has 4 rings (SSSR count). The Hall–Kier alpha value is -2.09. The molecular formula is C21H24N2. The van der Waals surface area contributed by atoms with Crippen LogP contribution < -0.4 is 0 Å². The van der Waals surface area contributed by atoms with Crippen molar-refractivity contribution in [3.63, 3.8) is 0 Å². The largest absolute Gasteiger partial charge is 0.289 e. The fourth-order valence-corrected chi connectivity index (χ4v) is 4.07. The highest BCUT2D eigenvalue weighted by Gasteiger charge is 2.40. The second-order valence-corrected chi connectivity index (χ2v) is 6.90. The zero-order valence-corrected chi connectivity index (χ0v) is 14.2. The van der Waals surface area contributed by atoms with E-state index in [2.05, 4.69) is 68.2 Å². The minimum Gasteiger partial charge on any atom is -0.289 e. The van der Waals surface area contributed by atoms with Crippen LogP contribution in [0.2, 0.25) is 0 Å². The Labute approximate surface area is 138 Å². The highest BCUT2D eigenvalue weighted by atomic mass is 15.5. The maximum atomic E-state index is 5.04. The first kappa shape index (κ1) is 14.5. The van der Waals surface area contributed by atoms with Gasteiger partial charge in [0.2, 0.25) is 0 Å². The molecular weight excluding hydrogens is 280 g/mol. The summed E-state index contributed by atoms with van der Waals surface area (Å²) in [5, 5.41) is 7.33. The summed E-state index contributed by atoms with van der Waals surface area (Å²) < 4.78 is 0. The molecule has 2 heteroatoms. The number of hydrazone groups is 1. The summed E-state index contributed by atoms with van der Waals surface area (Å²) in [7, 11) is 0. The average Bonchev–Trinajstić information content (AvgIpc) is 2.94. The van der Waals surface area contributed by atoms with Crippen LogP contribution in [-0.4, -0.2) is 17.3 Å². The van der Waals surface area contributed by atoms with Gasteiger partial charge in [-0.1, -0.05) is 47.5 Å². The third kappa shape index (κ3) is 2.37. The van der Waals surface area contributed by atoms with Crippen LogP contribution in [0.25, 0.3) is 0 Å². The quantitative estimate of drug-likeness (QED) is 0.788. The van der Waals surface area contributed by atoms with E-state index in [0.717, 1.165) is 6.54 Å². The van der Waals surface area contributed by atoms with Gasteiger partial charge in [0.05, 0.1) is 11.8 Å². The lowest BCUT2D eigenvalue weighted by Crippen LogP contribution is -2.28. The van der Waals surface area contributed by atoms with Crippen molar-refractivity contribution in [2.75, 3.05) is 6.54 Å². The van der Waals surface area contributed by atoms with Gasteiger partial charge in [0.25, 0.3) is 0 Å². The number of nitrogens with zero attached hydrogens (tertiary/aromatic N) is 2. The van der Waals surface area contributed by atoms with Gasteiger partial charge >= 0.3 is 0 Å². The predicted molar refractivity (Wildman–Crippen MR) is 95.8 cm³/mol. The lowest BCUT2D eigenvalue weighted by Gasteiger charge is -2.30. The van der Waals surface area contributed by atoms with Gasteiger partial charge in [-0.05, 0) is 50.8 Å². The van der Waals surface area contributed by atoms with E-state index in [1.807, 2.05) is 0 Å². The van der Waals surface area contributed by atoms with E-state index in [1.54, 1.807) is 0 Å². The van der Waals surface area contributed by atoms with E-state index < -0.39 is 0 Å². The first-order chi connectivity index (χ1) is 11.2. The third-order valence-electron chi connectivity index (χ3n) is 5.30.